The van der Waals surface area contributed by atoms with Crippen LogP contribution in [0.2, 0.25) is 0 Å². The van der Waals surface area contributed by atoms with Crippen LogP contribution in [0.15, 0.2) is 24.5 Å². The fourth-order valence-corrected chi connectivity index (χ4v) is 2.59. The average molecular weight is 276 g/mol. The van der Waals surface area contributed by atoms with Crippen LogP contribution in [-0.2, 0) is 0 Å². The van der Waals surface area contributed by atoms with Gasteiger partial charge >= 0.3 is 0 Å². The third-order valence-corrected chi connectivity index (χ3v) is 3.82. The minimum atomic E-state index is 0.485. The van der Waals surface area contributed by atoms with E-state index in [0.717, 1.165) is 6.54 Å². The van der Waals surface area contributed by atoms with Crippen molar-refractivity contribution in [2.24, 2.45) is 0 Å². The summed E-state index contributed by atoms with van der Waals surface area (Å²) in [6.45, 7) is 5.59. The van der Waals surface area contributed by atoms with Crippen molar-refractivity contribution in [3.63, 3.8) is 0 Å². The Bertz CT molecular complexity index is 310. The minimum absolute atomic E-state index is 0.485. The molecule has 0 fully saturated rings. The highest BCUT2D eigenvalue weighted by Crippen LogP contribution is 2.19. The van der Waals surface area contributed by atoms with Gasteiger partial charge in [-0.3, -0.25) is 4.98 Å². The predicted molar refractivity (Wildman–Crippen MR) is 87.9 cm³/mol. The van der Waals surface area contributed by atoms with Gasteiger partial charge in [0.25, 0.3) is 0 Å². The van der Waals surface area contributed by atoms with Crippen LogP contribution in [-0.4, -0.2) is 11.5 Å². The molecule has 0 aliphatic heterocycles. The lowest BCUT2D eigenvalue weighted by Gasteiger charge is -2.18. The van der Waals surface area contributed by atoms with Gasteiger partial charge in [-0.2, -0.15) is 0 Å². The average Bonchev–Trinajstić information content (AvgIpc) is 2.50. The Morgan fingerprint density at radius 1 is 1.00 bits per heavy atom. The van der Waals surface area contributed by atoms with Crippen molar-refractivity contribution in [2.45, 2.75) is 77.7 Å². The summed E-state index contributed by atoms with van der Waals surface area (Å²) in [7, 11) is 0. The summed E-state index contributed by atoms with van der Waals surface area (Å²) in [6, 6.07) is 4.72. The number of pyridine rings is 1. The maximum Gasteiger partial charge on any atom is 0.0335 e. The number of unbranched alkanes of at least 4 members (excludes halogenated alkanes) is 6. The monoisotopic (exact) mass is 276 g/mol. The molecule has 2 nitrogen and oxygen atoms in total. The molecule has 0 aliphatic carbocycles. The molecule has 1 unspecified atom stereocenters. The SMILES string of the molecule is CCCCCCCCCC(NCCC)c1cccnc1. The zero-order valence-electron chi connectivity index (χ0n) is 13.4. The number of nitrogens with one attached hydrogen (secondary N) is 1. The van der Waals surface area contributed by atoms with Gasteiger partial charge in [-0.1, -0.05) is 64.9 Å². The lowest BCUT2D eigenvalue weighted by atomic mass is 10.0. The molecule has 1 aromatic rings. The highest BCUT2D eigenvalue weighted by Gasteiger charge is 2.09. The van der Waals surface area contributed by atoms with Crippen molar-refractivity contribution in [3.8, 4) is 0 Å². The molecular formula is C18H32N2. The van der Waals surface area contributed by atoms with E-state index in [0.29, 0.717) is 6.04 Å². The van der Waals surface area contributed by atoms with Gasteiger partial charge in [-0.25, -0.2) is 0 Å². The Morgan fingerprint density at radius 3 is 2.40 bits per heavy atom. The van der Waals surface area contributed by atoms with Crippen LogP contribution in [0.1, 0.15) is 83.2 Å². The van der Waals surface area contributed by atoms with E-state index in [1.807, 2.05) is 18.5 Å². The smallest absolute Gasteiger partial charge is 0.0335 e. The third-order valence-electron chi connectivity index (χ3n) is 3.82. The maximum absolute atomic E-state index is 4.25. The number of aromatic nitrogens is 1. The number of hydrogen-bond acceptors (Lipinski definition) is 2. The lowest BCUT2D eigenvalue weighted by molar-refractivity contribution is 0.465. The van der Waals surface area contributed by atoms with Crippen LogP contribution in [0, 0.1) is 0 Å². The third kappa shape index (κ3) is 7.64. The van der Waals surface area contributed by atoms with Crippen LogP contribution in [0.5, 0.6) is 0 Å². The Balaban J connectivity index is 2.24. The highest BCUT2D eigenvalue weighted by atomic mass is 14.9. The molecule has 2 heteroatoms. The number of hydrogen-bond donors (Lipinski definition) is 1. The molecule has 114 valence electrons. The topological polar surface area (TPSA) is 24.9 Å². The fraction of sp³-hybridized carbons (Fsp3) is 0.722. The first-order chi connectivity index (χ1) is 9.88. The van der Waals surface area contributed by atoms with Crippen molar-refractivity contribution < 1.29 is 0 Å². The van der Waals surface area contributed by atoms with Gasteiger partial charge in [-0.15, -0.1) is 0 Å². The first-order valence-electron chi connectivity index (χ1n) is 8.51. The Kier molecular flexibility index (Phi) is 10.2. The Hall–Kier alpha value is -0.890. The van der Waals surface area contributed by atoms with E-state index in [2.05, 4.69) is 30.2 Å². The molecule has 1 heterocycles. The second-order valence-electron chi connectivity index (χ2n) is 5.70. The van der Waals surface area contributed by atoms with E-state index in [1.54, 1.807) is 0 Å². The van der Waals surface area contributed by atoms with Crippen molar-refractivity contribution in [2.75, 3.05) is 6.54 Å². The van der Waals surface area contributed by atoms with Crippen LogP contribution >= 0.6 is 0 Å². The quantitative estimate of drug-likeness (QED) is 0.526. The normalized spacial score (nSPS) is 12.5. The van der Waals surface area contributed by atoms with E-state index in [-0.39, 0.29) is 0 Å². The van der Waals surface area contributed by atoms with Crippen molar-refractivity contribution in [1.82, 2.24) is 10.3 Å². The second kappa shape index (κ2) is 11.9. The van der Waals surface area contributed by atoms with Gasteiger partial charge in [0.1, 0.15) is 0 Å². The summed E-state index contributed by atoms with van der Waals surface area (Å²) in [5, 5.41) is 3.66. The zero-order chi connectivity index (χ0) is 14.5. The molecule has 0 amide bonds. The summed E-state index contributed by atoms with van der Waals surface area (Å²) in [5.74, 6) is 0. The molecule has 0 radical (unpaired) electrons. The first kappa shape index (κ1) is 17.2. The minimum Gasteiger partial charge on any atom is -0.310 e. The number of nitrogens with zero attached hydrogens (tertiary/aromatic N) is 1. The van der Waals surface area contributed by atoms with Crippen LogP contribution < -0.4 is 5.32 Å². The van der Waals surface area contributed by atoms with E-state index in [4.69, 9.17) is 0 Å². The van der Waals surface area contributed by atoms with Gasteiger partial charge in [0.05, 0.1) is 0 Å². The molecule has 0 saturated carbocycles. The molecule has 1 N–H and O–H groups in total. The summed E-state index contributed by atoms with van der Waals surface area (Å²) < 4.78 is 0. The summed E-state index contributed by atoms with van der Waals surface area (Å²) in [5.41, 5.74) is 1.34. The molecule has 1 atom stereocenters. The Morgan fingerprint density at radius 2 is 1.75 bits per heavy atom. The molecule has 1 rings (SSSR count). The molecular weight excluding hydrogens is 244 g/mol. The van der Waals surface area contributed by atoms with Crippen LogP contribution in [0.25, 0.3) is 0 Å². The van der Waals surface area contributed by atoms with E-state index in [1.165, 1.54) is 63.4 Å². The summed E-state index contributed by atoms with van der Waals surface area (Å²) >= 11 is 0. The number of rotatable bonds is 12. The molecule has 1 aromatic heterocycles. The molecule has 0 bridgehead atoms. The molecule has 20 heavy (non-hydrogen) atoms. The van der Waals surface area contributed by atoms with Crippen LogP contribution in [0.4, 0.5) is 0 Å². The second-order valence-corrected chi connectivity index (χ2v) is 5.70. The van der Waals surface area contributed by atoms with E-state index >= 15 is 0 Å². The maximum atomic E-state index is 4.25. The van der Waals surface area contributed by atoms with Gasteiger partial charge in [-0.05, 0) is 31.0 Å². The standard InChI is InChI=1S/C18H32N2/c1-3-5-6-7-8-9-10-13-18(20-14-4-2)17-12-11-15-19-16-17/h11-12,15-16,18,20H,3-10,13-14H2,1-2H3. The molecule has 0 aromatic carbocycles. The Labute approximate surface area is 125 Å². The fourth-order valence-electron chi connectivity index (χ4n) is 2.59. The van der Waals surface area contributed by atoms with E-state index in [9.17, 15) is 0 Å². The summed E-state index contributed by atoms with van der Waals surface area (Å²) in [6.07, 6.45) is 15.9. The lowest BCUT2D eigenvalue weighted by Crippen LogP contribution is -2.22. The highest BCUT2D eigenvalue weighted by molar-refractivity contribution is 5.13. The molecule has 0 aliphatic rings. The van der Waals surface area contributed by atoms with Gasteiger partial charge in [0.15, 0.2) is 0 Å². The first-order valence-corrected chi connectivity index (χ1v) is 8.51. The predicted octanol–water partition coefficient (Wildman–Crippen LogP) is 5.26. The van der Waals surface area contributed by atoms with E-state index < -0.39 is 0 Å². The van der Waals surface area contributed by atoms with Gasteiger partial charge < -0.3 is 5.32 Å². The summed E-state index contributed by atoms with van der Waals surface area (Å²) in [4.78, 5) is 4.25. The van der Waals surface area contributed by atoms with Gasteiger partial charge in [0, 0.05) is 18.4 Å². The van der Waals surface area contributed by atoms with Crippen molar-refractivity contribution >= 4 is 0 Å². The zero-order valence-corrected chi connectivity index (χ0v) is 13.4. The van der Waals surface area contributed by atoms with Crippen LogP contribution in [0.3, 0.4) is 0 Å². The van der Waals surface area contributed by atoms with Gasteiger partial charge in [0.2, 0.25) is 0 Å². The van der Waals surface area contributed by atoms with Crippen molar-refractivity contribution in [1.29, 1.82) is 0 Å². The van der Waals surface area contributed by atoms with Crippen molar-refractivity contribution in [3.05, 3.63) is 30.1 Å². The molecule has 0 saturated heterocycles. The molecule has 0 spiro atoms. The largest absolute Gasteiger partial charge is 0.310 e.